The Hall–Kier alpha value is -3.15. The Bertz CT molecular complexity index is 1060. The number of benzene rings is 2. The summed E-state index contributed by atoms with van der Waals surface area (Å²) in [5, 5.41) is 0. The highest BCUT2D eigenvalue weighted by atomic mass is 19.1. The summed E-state index contributed by atoms with van der Waals surface area (Å²) in [6.45, 7) is 3.96. The van der Waals surface area contributed by atoms with Crippen LogP contribution in [0.3, 0.4) is 0 Å². The van der Waals surface area contributed by atoms with Crippen molar-refractivity contribution in [3.8, 4) is 11.4 Å². The molecule has 0 aliphatic rings. The van der Waals surface area contributed by atoms with E-state index in [0.717, 1.165) is 11.1 Å². The van der Waals surface area contributed by atoms with Crippen LogP contribution in [0.5, 0.6) is 5.75 Å². The third-order valence-corrected chi connectivity index (χ3v) is 4.11. The molecule has 0 aliphatic heterocycles. The van der Waals surface area contributed by atoms with Crippen molar-refractivity contribution in [2.75, 3.05) is 7.11 Å². The molecule has 26 heavy (non-hydrogen) atoms. The maximum atomic E-state index is 13.8. The molecule has 1 aromatic heterocycles. The lowest BCUT2D eigenvalue weighted by atomic mass is 10.1. The molecule has 3 rings (SSSR count). The monoisotopic (exact) mass is 354 g/mol. The van der Waals surface area contributed by atoms with Crippen LogP contribution in [0.15, 0.2) is 58.4 Å². The Kier molecular flexibility index (Phi) is 4.75. The Morgan fingerprint density at radius 2 is 1.65 bits per heavy atom. The first kappa shape index (κ1) is 17.7. The second kappa shape index (κ2) is 7.00. The van der Waals surface area contributed by atoms with Gasteiger partial charge in [-0.1, -0.05) is 12.1 Å². The number of aromatic nitrogens is 2. The Morgan fingerprint density at radius 1 is 0.962 bits per heavy atom. The fourth-order valence-electron chi connectivity index (χ4n) is 2.93. The summed E-state index contributed by atoms with van der Waals surface area (Å²) in [6.07, 6.45) is 3.08. The van der Waals surface area contributed by atoms with Gasteiger partial charge < -0.3 is 9.30 Å². The number of hydrogen-bond donors (Lipinski definition) is 0. The molecule has 5 nitrogen and oxygen atoms in total. The zero-order valence-electron chi connectivity index (χ0n) is 14.8. The van der Waals surface area contributed by atoms with Crippen LogP contribution in [-0.4, -0.2) is 16.2 Å². The van der Waals surface area contributed by atoms with Crippen LogP contribution in [-0.2, 0) is 6.54 Å². The zero-order chi connectivity index (χ0) is 18.8. The van der Waals surface area contributed by atoms with Gasteiger partial charge in [-0.25, -0.2) is 4.39 Å². The van der Waals surface area contributed by atoms with E-state index in [2.05, 4.69) is 0 Å². The van der Waals surface area contributed by atoms with Crippen molar-refractivity contribution in [3.05, 3.63) is 92.0 Å². The van der Waals surface area contributed by atoms with Crippen LogP contribution < -0.4 is 15.9 Å². The first-order chi connectivity index (χ1) is 12.4. The molecule has 6 heteroatoms. The topological polar surface area (TPSA) is 53.2 Å². The maximum absolute atomic E-state index is 13.8. The summed E-state index contributed by atoms with van der Waals surface area (Å²) in [5.74, 6) is -0.382. The number of methoxy groups -OCH3 is 1. The van der Waals surface area contributed by atoms with E-state index >= 15 is 0 Å². The van der Waals surface area contributed by atoms with Gasteiger partial charge in [-0.15, -0.1) is 0 Å². The number of halogens is 1. The molecular formula is C20H19FN2O3. The second-order valence-electron chi connectivity index (χ2n) is 6.22. The number of hydrogen-bond acceptors (Lipinski definition) is 3. The summed E-state index contributed by atoms with van der Waals surface area (Å²) >= 11 is 0. The number of aryl methyl sites for hydroxylation is 2. The smallest absolute Gasteiger partial charge is 0.320 e. The van der Waals surface area contributed by atoms with Crippen LogP contribution in [0, 0.1) is 19.7 Å². The van der Waals surface area contributed by atoms with Gasteiger partial charge in [0.2, 0.25) is 0 Å². The standard InChI is InChI=1S/C20H19FN2O3/c1-13-8-14(2)10-16(9-13)23-7-6-22(19(24)20(23)25)12-15-4-5-18(26-3)17(21)11-15/h4-11H,12H2,1-3H3. The lowest BCUT2D eigenvalue weighted by molar-refractivity contribution is 0.386. The van der Waals surface area contributed by atoms with Crippen molar-refractivity contribution >= 4 is 0 Å². The van der Waals surface area contributed by atoms with Crippen LogP contribution in [0.25, 0.3) is 5.69 Å². The Labute approximate surface area is 149 Å². The molecule has 134 valence electrons. The summed E-state index contributed by atoms with van der Waals surface area (Å²) in [7, 11) is 1.38. The summed E-state index contributed by atoms with van der Waals surface area (Å²) < 4.78 is 21.3. The van der Waals surface area contributed by atoms with Crippen LogP contribution in [0.4, 0.5) is 4.39 Å². The van der Waals surface area contributed by atoms with E-state index in [1.165, 1.54) is 34.6 Å². The molecule has 0 aliphatic carbocycles. The van der Waals surface area contributed by atoms with E-state index in [1.807, 2.05) is 32.0 Å². The molecule has 0 saturated heterocycles. The van der Waals surface area contributed by atoms with Crippen LogP contribution in [0.1, 0.15) is 16.7 Å². The van der Waals surface area contributed by atoms with Crippen molar-refractivity contribution in [3.63, 3.8) is 0 Å². The van der Waals surface area contributed by atoms with Gasteiger partial charge in [-0.3, -0.25) is 14.2 Å². The molecule has 3 aromatic rings. The Balaban J connectivity index is 1.99. The quantitative estimate of drug-likeness (QED) is 0.677. The maximum Gasteiger partial charge on any atom is 0.320 e. The van der Waals surface area contributed by atoms with E-state index in [0.29, 0.717) is 11.3 Å². The third kappa shape index (κ3) is 3.44. The van der Waals surface area contributed by atoms with E-state index in [9.17, 15) is 14.0 Å². The highest BCUT2D eigenvalue weighted by Crippen LogP contribution is 2.18. The van der Waals surface area contributed by atoms with Gasteiger partial charge in [-0.2, -0.15) is 0 Å². The zero-order valence-corrected chi connectivity index (χ0v) is 14.8. The minimum absolute atomic E-state index is 0.0999. The Morgan fingerprint density at radius 3 is 2.27 bits per heavy atom. The normalized spacial score (nSPS) is 10.8. The predicted octanol–water partition coefficient (Wildman–Crippen LogP) is 2.81. The number of ether oxygens (including phenoxy) is 1. The fraction of sp³-hybridized carbons (Fsp3) is 0.200. The molecule has 0 fully saturated rings. The summed E-state index contributed by atoms with van der Waals surface area (Å²) in [4.78, 5) is 25.0. The molecule has 0 atom stereocenters. The van der Waals surface area contributed by atoms with Gasteiger partial charge in [0, 0.05) is 18.1 Å². The van der Waals surface area contributed by atoms with Gasteiger partial charge >= 0.3 is 11.1 Å². The van der Waals surface area contributed by atoms with Crippen LogP contribution >= 0.6 is 0 Å². The number of nitrogens with zero attached hydrogens (tertiary/aromatic N) is 2. The third-order valence-electron chi connectivity index (χ3n) is 4.11. The van der Waals surface area contributed by atoms with Crippen molar-refractivity contribution in [1.82, 2.24) is 9.13 Å². The van der Waals surface area contributed by atoms with E-state index < -0.39 is 16.9 Å². The van der Waals surface area contributed by atoms with Gasteiger partial charge in [0.15, 0.2) is 11.6 Å². The van der Waals surface area contributed by atoms with Crippen molar-refractivity contribution in [2.45, 2.75) is 20.4 Å². The molecule has 2 aromatic carbocycles. The molecular weight excluding hydrogens is 335 g/mol. The molecule has 0 N–H and O–H groups in total. The van der Waals surface area contributed by atoms with Gasteiger partial charge in [0.05, 0.1) is 13.7 Å². The van der Waals surface area contributed by atoms with Crippen molar-refractivity contribution in [1.29, 1.82) is 0 Å². The number of rotatable bonds is 4. The van der Waals surface area contributed by atoms with Gasteiger partial charge in [0.1, 0.15) is 0 Å². The molecule has 0 amide bonds. The van der Waals surface area contributed by atoms with Gasteiger partial charge in [-0.05, 0) is 54.8 Å². The van der Waals surface area contributed by atoms with Gasteiger partial charge in [0.25, 0.3) is 0 Å². The molecule has 0 spiro atoms. The van der Waals surface area contributed by atoms with Crippen molar-refractivity contribution < 1.29 is 9.13 Å². The SMILES string of the molecule is COc1ccc(Cn2ccn(-c3cc(C)cc(C)c3)c(=O)c2=O)cc1F. The minimum atomic E-state index is -0.664. The first-order valence-corrected chi connectivity index (χ1v) is 8.12. The highest BCUT2D eigenvalue weighted by Gasteiger charge is 2.09. The predicted molar refractivity (Wildman–Crippen MR) is 97.8 cm³/mol. The lowest BCUT2D eigenvalue weighted by Crippen LogP contribution is -2.40. The van der Waals surface area contributed by atoms with E-state index in [1.54, 1.807) is 12.3 Å². The first-order valence-electron chi connectivity index (χ1n) is 8.12. The molecule has 0 bridgehead atoms. The largest absolute Gasteiger partial charge is 0.494 e. The molecule has 0 radical (unpaired) electrons. The molecule has 1 heterocycles. The second-order valence-corrected chi connectivity index (χ2v) is 6.22. The fourth-order valence-corrected chi connectivity index (χ4v) is 2.93. The average molecular weight is 354 g/mol. The molecule has 0 saturated carbocycles. The van der Waals surface area contributed by atoms with E-state index in [-0.39, 0.29) is 12.3 Å². The molecule has 0 unspecified atom stereocenters. The van der Waals surface area contributed by atoms with E-state index in [4.69, 9.17) is 4.74 Å². The lowest BCUT2D eigenvalue weighted by Gasteiger charge is -2.11. The summed E-state index contributed by atoms with van der Waals surface area (Å²) in [5.41, 5.74) is 1.91. The van der Waals surface area contributed by atoms with Crippen molar-refractivity contribution in [2.24, 2.45) is 0 Å². The highest BCUT2D eigenvalue weighted by molar-refractivity contribution is 5.39. The average Bonchev–Trinajstić information content (AvgIpc) is 2.58. The van der Waals surface area contributed by atoms with Crippen LogP contribution in [0.2, 0.25) is 0 Å². The summed E-state index contributed by atoms with van der Waals surface area (Å²) in [6, 6.07) is 10.1. The minimum Gasteiger partial charge on any atom is -0.494 e.